The van der Waals surface area contributed by atoms with Crippen molar-refractivity contribution in [2.75, 3.05) is 0 Å². The molecule has 0 heterocycles. The van der Waals surface area contributed by atoms with Crippen LogP contribution in [0, 0.1) is 0 Å². The molecular formula is C10H10FNO. The maximum Gasteiger partial charge on any atom is 0.248 e. The van der Waals surface area contributed by atoms with Crippen molar-refractivity contribution >= 4 is 11.5 Å². The molecule has 1 aromatic carbocycles. The van der Waals surface area contributed by atoms with Crippen molar-refractivity contribution in [3.8, 4) is 0 Å². The minimum Gasteiger partial charge on any atom is -0.366 e. The molecule has 0 aromatic heterocycles. The van der Waals surface area contributed by atoms with E-state index in [1.54, 1.807) is 24.3 Å². The number of rotatable bonds is 3. The third-order valence-corrected chi connectivity index (χ3v) is 1.78. The van der Waals surface area contributed by atoms with Gasteiger partial charge in [0.05, 0.1) is 0 Å². The van der Waals surface area contributed by atoms with Crippen molar-refractivity contribution in [3.05, 3.63) is 42.0 Å². The fourth-order valence-corrected chi connectivity index (χ4v) is 1.06. The first kappa shape index (κ1) is 9.45. The molecule has 1 amide bonds. The summed E-state index contributed by atoms with van der Waals surface area (Å²) < 4.78 is 12.4. The van der Waals surface area contributed by atoms with Gasteiger partial charge in [0.15, 0.2) is 0 Å². The van der Waals surface area contributed by atoms with E-state index in [1.165, 1.54) is 0 Å². The lowest BCUT2D eigenvalue weighted by Gasteiger charge is -2.05. The number of alkyl halides is 1. The number of primary amides is 1. The summed E-state index contributed by atoms with van der Waals surface area (Å²) in [6.45, 7) is 2.87. The van der Waals surface area contributed by atoms with Crippen molar-refractivity contribution in [3.63, 3.8) is 0 Å². The van der Waals surface area contributed by atoms with Crippen LogP contribution in [0.2, 0.25) is 0 Å². The van der Waals surface area contributed by atoms with Crippen LogP contribution in [0.4, 0.5) is 4.39 Å². The van der Waals surface area contributed by atoms with Crippen LogP contribution in [0.15, 0.2) is 30.8 Å². The van der Waals surface area contributed by atoms with Gasteiger partial charge in [-0.1, -0.05) is 30.8 Å². The van der Waals surface area contributed by atoms with Crippen LogP contribution in [-0.2, 0) is 11.5 Å². The number of carbonyl (C=O) groups is 1. The summed E-state index contributed by atoms with van der Waals surface area (Å²) in [7, 11) is 0. The summed E-state index contributed by atoms with van der Waals surface area (Å²) in [5.74, 6) is -0.624. The Morgan fingerprint density at radius 2 is 2.08 bits per heavy atom. The zero-order valence-electron chi connectivity index (χ0n) is 7.09. The molecule has 0 spiro atoms. The summed E-state index contributed by atoms with van der Waals surface area (Å²) in [5.41, 5.74) is 6.10. The SMILES string of the molecule is C=C(C(N)=O)c1ccccc1CF. The van der Waals surface area contributed by atoms with Crippen LogP contribution >= 0.6 is 0 Å². The fourth-order valence-electron chi connectivity index (χ4n) is 1.06. The quantitative estimate of drug-likeness (QED) is 0.704. The minimum atomic E-state index is -0.624. The van der Waals surface area contributed by atoms with Gasteiger partial charge in [0.1, 0.15) is 6.67 Å². The molecule has 3 heteroatoms. The van der Waals surface area contributed by atoms with E-state index >= 15 is 0 Å². The lowest BCUT2D eigenvalue weighted by atomic mass is 10.0. The second kappa shape index (κ2) is 3.85. The van der Waals surface area contributed by atoms with E-state index in [4.69, 9.17) is 5.73 Å². The van der Waals surface area contributed by atoms with E-state index in [0.717, 1.165) is 0 Å². The van der Waals surface area contributed by atoms with Gasteiger partial charge in [0.2, 0.25) is 5.91 Å². The largest absolute Gasteiger partial charge is 0.366 e. The second-order valence-corrected chi connectivity index (χ2v) is 2.63. The normalized spacial score (nSPS) is 9.62. The highest BCUT2D eigenvalue weighted by molar-refractivity contribution is 6.18. The van der Waals surface area contributed by atoms with Gasteiger partial charge in [-0.25, -0.2) is 4.39 Å². The number of amides is 1. The third-order valence-electron chi connectivity index (χ3n) is 1.78. The van der Waals surface area contributed by atoms with E-state index in [1.807, 2.05) is 0 Å². The summed E-state index contributed by atoms with van der Waals surface area (Å²) in [5, 5.41) is 0. The van der Waals surface area contributed by atoms with Gasteiger partial charge >= 0.3 is 0 Å². The Labute approximate surface area is 75.9 Å². The molecule has 2 nitrogen and oxygen atoms in total. The molecule has 68 valence electrons. The Kier molecular flexibility index (Phi) is 2.80. The monoisotopic (exact) mass is 179 g/mol. The average Bonchev–Trinajstić information content (AvgIpc) is 2.16. The van der Waals surface area contributed by atoms with Crippen LogP contribution < -0.4 is 5.73 Å². The minimum absolute atomic E-state index is 0.147. The maximum absolute atomic E-state index is 12.4. The molecule has 0 saturated carbocycles. The molecule has 0 aliphatic carbocycles. The van der Waals surface area contributed by atoms with Crippen LogP contribution in [0.25, 0.3) is 5.57 Å². The molecule has 13 heavy (non-hydrogen) atoms. The number of hydrogen-bond donors (Lipinski definition) is 1. The van der Waals surface area contributed by atoms with Gasteiger partial charge < -0.3 is 5.73 Å². The molecule has 0 aliphatic rings. The van der Waals surface area contributed by atoms with Gasteiger partial charge in [-0.15, -0.1) is 0 Å². The third kappa shape index (κ3) is 1.93. The van der Waals surface area contributed by atoms with Crippen molar-refractivity contribution < 1.29 is 9.18 Å². The lowest BCUT2D eigenvalue weighted by Crippen LogP contribution is -2.12. The molecule has 1 aromatic rings. The zero-order chi connectivity index (χ0) is 9.84. The topological polar surface area (TPSA) is 43.1 Å². The van der Waals surface area contributed by atoms with Crippen LogP contribution in [0.5, 0.6) is 0 Å². The standard InChI is InChI=1S/C10H10FNO/c1-7(10(12)13)9-5-3-2-4-8(9)6-11/h2-5H,1,6H2,(H2,12,13). The average molecular weight is 179 g/mol. The first-order valence-corrected chi connectivity index (χ1v) is 3.79. The predicted molar refractivity (Wildman–Crippen MR) is 49.5 cm³/mol. The molecular weight excluding hydrogens is 169 g/mol. The highest BCUT2D eigenvalue weighted by Crippen LogP contribution is 2.17. The number of carbonyl (C=O) groups excluding carboxylic acids is 1. The van der Waals surface area contributed by atoms with Crippen molar-refractivity contribution in [2.45, 2.75) is 6.67 Å². The fraction of sp³-hybridized carbons (Fsp3) is 0.100. The number of hydrogen-bond acceptors (Lipinski definition) is 1. The van der Waals surface area contributed by atoms with E-state index < -0.39 is 12.6 Å². The zero-order valence-corrected chi connectivity index (χ0v) is 7.09. The Balaban J connectivity index is 3.13. The maximum atomic E-state index is 12.4. The highest BCUT2D eigenvalue weighted by atomic mass is 19.1. The molecule has 1 rings (SSSR count). The summed E-state index contributed by atoms with van der Waals surface area (Å²) in [6, 6.07) is 6.64. The smallest absolute Gasteiger partial charge is 0.248 e. The predicted octanol–water partition coefficient (Wildman–Crippen LogP) is 1.65. The van der Waals surface area contributed by atoms with Crippen LogP contribution in [0.3, 0.4) is 0 Å². The van der Waals surface area contributed by atoms with Crippen molar-refractivity contribution in [1.29, 1.82) is 0 Å². The van der Waals surface area contributed by atoms with E-state index in [0.29, 0.717) is 11.1 Å². The van der Waals surface area contributed by atoms with Crippen LogP contribution in [0.1, 0.15) is 11.1 Å². The number of benzene rings is 1. The lowest BCUT2D eigenvalue weighted by molar-refractivity contribution is -0.112. The van der Waals surface area contributed by atoms with E-state index in [9.17, 15) is 9.18 Å². The van der Waals surface area contributed by atoms with Gasteiger partial charge in [-0.3, -0.25) is 4.79 Å². The Morgan fingerprint density at radius 3 is 2.62 bits per heavy atom. The Bertz CT molecular complexity index is 347. The molecule has 0 atom stereocenters. The van der Waals surface area contributed by atoms with Crippen LogP contribution in [-0.4, -0.2) is 5.91 Å². The molecule has 0 fully saturated rings. The first-order chi connectivity index (χ1) is 6.16. The first-order valence-electron chi connectivity index (χ1n) is 3.79. The van der Waals surface area contributed by atoms with Gasteiger partial charge in [-0.05, 0) is 11.1 Å². The van der Waals surface area contributed by atoms with Crippen molar-refractivity contribution in [2.24, 2.45) is 5.73 Å². The molecule has 2 N–H and O–H groups in total. The number of halogens is 1. The van der Waals surface area contributed by atoms with Gasteiger partial charge in [0, 0.05) is 5.57 Å². The van der Waals surface area contributed by atoms with E-state index in [2.05, 4.69) is 6.58 Å². The summed E-state index contributed by atoms with van der Waals surface area (Å²) in [6.07, 6.45) is 0. The molecule has 0 radical (unpaired) electrons. The molecule has 0 unspecified atom stereocenters. The highest BCUT2D eigenvalue weighted by Gasteiger charge is 2.08. The summed E-state index contributed by atoms with van der Waals surface area (Å²) >= 11 is 0. The molecule has 0 aliphatic heterocycles. The second-order valence-electron chi connectivity index (χ2n) is 2.63. The number of nitrogens with two attached hydrogens (primary N) is 1. The van der Waals surface area contributed by atoms with E-state index in [-0.39, 0.29) is 5.57 Å². The molecule has 0 bridgehead atoms. The molecule has 0 saturated heterocycles. The Morgan fingerprint density at radius 1 is 1.46 bits per heavy atom. The Hall–Kier alpha value is -1.64. The van der Waals surface area contributed by atoms with Crippen molar-refractivity contribution in [1.82, 2.24) is 0 Å². The van der Waals surface area contributed by atoms with Gasteiger partial charge in [0.25, 0.3) is 0 Å². The van der Waals surface area contributed by atoms with Gasteiger partial charge in [-0.2, -0.15) is 0 Å². The summed E-state index contributed by atoms with van der Waals surface area (Å²) in [4.78, 5) is 10.8.